The summed E-state index contributed by atoms with van der Waals surface area (Å²) in [5, 5.41) is 3.00. The van der Waals surface area contributed by atoms with Crippen molar-refractivity contribution >= 4 is 11.7 Å². The molecule has 22 heavy (non-hydrogen) atoms. The quantitative estimate of drug-likeness (QED) is 0.922. The highest BCUT2D eigenvalue weighted by Gasteiger charge is 2.16. The maximum atomic E-state index is 12.5. The van der Waals surface area contributed by atoms with Gasteiger partial charge in [-0.2, -0.15) is 0 Å². The normalized spacial score (nSPS) is 11.6. The van der Waals surface area contributed by atoms with E-state index < -0.39 is 0 Å². The van der Waals surface area contributed by atoms with Crippen molar-refractivity contribution in [2.75, 3.05) is 26.1 Å². The van der Waals surface area contributed by atoms with Gasteiger partial charge >= 0.3 is 0 Å². The maximum Gasteiger partial charge on any atom is 0.255 e. The van der Waals surface area contributed by atoms with E-state index in [9.17, 15) is 4.79 Å². The molecule has 2 aromatic rings. The zero-order chi connectivity index (χ0) is 16.1. The van der Waals surface area contributed by atoms with Crippen molar-refractivity contribution in [3.05, 3.63) is 53.7 Å². The van der Waals surface area contributed by atoms with Crippen LogP contribution < -0.4 is 15.0 Å². The summed E-state index contributed by atoms with van der Waals surface area (Å²) >= 11 is 0. The fraction of sp³-hybridized carbons (Fsp3) is 0.294. The summed E-state index contributed by atoms with van der Waals surface area (Å²) in [6.45, 7) is 1.95. The van der Waals surface area contributed by atoms with Crippen molar-refractivity contribution < 1.29 is 9.53 Å². The van der Waals surface area contributed by atoms with Crippen LogP contribution in [0.5, 0.6) is 5.75 Å². The Labute approximate surface area is 130 Å². The molecule has 0 bridgehead atoms. The minimum Gasteiger partial charge on any atom is -0.497 e. The SMILES string of the molecule is COc1ccc(C(C)NC(=O)c2cccnc2N(C)C)cc1. The minimum absolute atomic E-state index is 0.103. The largest absolute Gasteiger partial charge is 0.497 e. The van der Waals surface area contributed by atoms with Gasteiger partial charge in [0, 0.05) is 20.3 Å². The summed E-state index contributed by atoms with van der Waals surface area (Å²) in [5.74, 6) is 1.31. The van der Waals surface area contributed by atoms with Crippen LogP contribution in [0, 0.1) is 0 Å². The first-order chi connectivity index (χ1) is 10.5. The second-order valence-corrected chi connectivity index (χ2v) is 5.24. The predicted molar refractivity (Wildman–Crippen MR) is 87.4 cm³/mol. The van der Waals surface area contributed by atoms with Crippen LogP contribution in [0.4, 0.5) is 5.82 Å². The number of nitrogens with one attached hydrogen (secondary N) is 1. The van der Waals surface area contributed by atoms with Crippen molar-refractivity contribution in [1.82, 2.24) is 10.3 Å². The summed E-state index contributed by atoms with van der Waals surface area (Å²) in [7, 11) is 5.36. The average molecular weight is 299 g/mol. The molecule has 0 saturated heterocycles. The van der Waals surface area contributed by atoms with E-state index in [1.165, 1.54) is 0 Å². The first kappa shape index (κ1) is 15.8. The number of methoxy groups -OCH3 is 1. The van der Waals surface area contributed by atoms with Gasteiger partial charge in [-0.3, -0.25) is 4.79 Å². The molecule has 5 nitrogen and oxygen atoms in total. The topological polar surface area (TPSA) is 54.5 Å². The smallest absolute Gasteiger partial charge is 0.255 e. The number of rotatable bonds is 5. The van der Waals surface area contributed by atoms with Gasteiger partial charge in [0.15, 0.2) is 0 Å². The lowest BCUT2D eigenvalue weighted by atomic mass is 10.1. The van der Waals surface area contributed by atoms with E-state index >= 15 is 0 Å². The van der Waals surface area contributed by atoms with Gasteiger partial charge < -0.3 is 15.0 Å². The highest BCUT2D eigenvalue weighted by molar-refractivity contribution is 5.99. The molecule has 0 aliphatic heterocycles. The molecule has 1 atom stereocenters. The maximum absolute atomic E-state index is 12.5. The van der Waals surface area contributed by atoms with Gasteiger partial charge in [0.1, 0.15) is 11.6 Å². The van der Waals surface area contributed by atoms with Crippen LogP contribution in [0.15, 0.2) is 42.6 Å². The second-order valence-electron chi connectivity index (χ2n) is 5.24. The number of ether oxygens (including phenoxy) is 1. The van der Waals surface area contributed by atoms with Crippen LogP contribution >= 0.6 is 0 Å². The fourth-order valence-electron chi connectivity index (χ4n) is 2.18. The number of amides is 1. The Morgan fingerprint density at radius 1 is 1.23 bits per heavy atom. The summed E-state index contributed by atoms with van der Waals surface area (Å²) in [6, 6.07) is 11.1. The van der Waals surface area contributed by atoms with Crippen LogP contribution in [-0.4, -0.2) is 32.1 Å². The standard InChI is InChI=1S/C17H21N3O2/c1-12(13-7-9-14(22-4)10-8-13)19-17(21)15-6-5-11-18-16(15)20(2)3/h5-12H,1-4H3,(H,19,21). The Balaban J connectivity index is 2.14. The highest BCUT2D eigenvalue weighted by atomic mass is 16.5. The van der Waals surface area contributed by atoms with E-state index in [0.29, 0.717) is 11.4 Å². The molecular weight excluding hydrogens is 278 g/mol. The fourth-order valence-corrected chi connectivity index (χ4v) is 2.18. The van der Waals surface area contributed by atoms with Crippen molar-refractivity contribution in [3.8, 4) is 5.75 Å². The predicted octanol–water partition coefficient (Wildman–Crippen LogP) is 2.65. The zero-order valence-electron chi connectivity index (χ0n) is 13.3. The Morgan fingerprint density at radius 2 is 1.91 bits per heavy atom. The van der Waals surface area contributed by atoms with Crippen molar-refractivity contribution in [1.29, 1.82) is 0 Å². The summed E-state index contributed by atoms with van der Waals surface area (Å²) in [4.78, 5) is 18.6. The molecule has 1 amide bonds. The molecule has 0 aliphatic carbocycles. The summed E-state index contributed by atoms with van der Waals surface area (Å²) in [6.07, 6.45) is 1.68. The monoisotopic (exact) mass is 299 g/mol. The number of pyridine rings is 1. The number of aromatic nitrogens is 1. The van der Waals surface area contributed by atoms with E-state index in [2.05, 4.69) is 10.3 Å². The molecule has 0 radical (unpaired) electrons. The Kier molecular flexibility index (Phi) is 4.99. The molecule has 1 N–H and O–H groups in total. The van der Waals surface area contributed by atoms with Crippen LogP contribution in [-0.2, 0) is 0 Å². The third-order valence-electron chi connectivity index (χ3n) is 3.42. The van der Waals surface area contributed by atoms with E-state index in [1.54, 1.807) is 25.4 Å². The van der Waals surface area contributed by atoms with Gasteiger partial charge in [-0.1, -0.05) is 12.1 Å². The third kappa shape index (κ3) is 3.55. The molecular formula is C17H21N3O2. The number of nitrogens with zero attached hydrogens (tertiary/aromatic N) is 2. The van der Waals surface area contributed by atoms with Gasteiger partial charge in [0.25, 0.3) is 5.91 Å². The third-order valence-corrected chi connectivity index (χ3v) is 3.42. The molecule has 0 aliphatic rings. The molecule has 0 saturated carbocycles. The van der Waals surface area contributed by atoms with Gasteiger partial charge in [0.05, 0.1) is 18.7 Å². The van der Waals surface area contributed by atoms with Crippen LogP contribution in [0.1, 0.15) is 28.9 Å². The number of hydrogen-bond acceptors (Lipinski definition) is 4. The van der Waals surface area contributed by atoms with Crippen LogP contribution in [0.2, 0.25) is 0 Å². The molecule has 1 aromatic heterocycles. The van der Waals surface area contributed by atoms with Crippen LogP contribution in [0.3, 0.4) is 0 Å². The van der Waals surface area contributed by atoms with E-state index in [-0.39, 0.29) is 11.9 Å². The van der Waals surface area contributed by atoms with E-state index in [0.717, 1.165) is 11.3 Å². The number of carbonyl (C=O) groups excluding carboxylic acids is 1. The lowest BCUT2D eigenvalue weighted by molar-refractivity contribution is 0.0940. The minimum atomic E-state index is -0.139. The number of carbonyl (C=O) groups is 1. The molecule has 116 valence electrons. The first-order valence-corrected chi connectivity index (χ1v) is 7.10. The molecule has 0 fully saturated rings. The molecule has 0 spiro atoms. The van der Waals surface area contributed by atoms with Crippen LogP contribution in [0.25, 0.3) is 0 Å². The number of hydrogen-bond donors (Lipinski definition) is 1. The number of anilines is 1. The van der Waals surface area contributed by atoms with Gasteiger partial charge in [-0.25, -0.2) is 4.98 Å². The van der Waals surface area contributed by atoms with Gasteiger partial charge in [0.2, 0.25) is 0 Å². The van der Waals surface area contributed by atoms with Gasteiger partial charge in [-0.15, -0.1) is 0 Å². The Hall–Kier alpha value is -2.56. The zero-order valence-corrected chi connectivity index (χ0v) is 13.3. The highest BCUT2D eigenvalue weighted by Crippen LogP contribution is 2.19. The molecule has 1 aromatic carbocycles. The van der Waals surface area contributed by atoms with E-state index in [1.807, 2.05) is 50.2 Å². The number of benzene rings is 1. The lowest BCUT2D eigenvalue weighted by Gasteiger charge is -2.18. The average Bonchev–Trinajstić information content (AvgIpc) is 2.54. The summed E-state index contributed by atoms with van der Waals surface area (Å²) < 4.78 is 5.14. The first-order valence-electron chi connectivity index (χ1n) is 7.10. The lowest BCUT2D eigenvalue weighted by Crippen LogP contribution is -2.28. The molecule has 1 heterocycles. The molecule has 2 rings (SSSR count). The molecule has 5 heteroatoms. The second kappa shape index (κ2) is 6.93. The Morgan fingerprint density at radius 3 is 2.50 bits per heavy atom. The van der Waals surface area contributed by atoms with Crippen molar-refractivity contribution in [2.45, 2.75) is 13.0 Å². The summed E-state index contributed by atoms with van der Waals surface area (Å²) in [5.41, 5.74) is 1.58. The molecule has 1 unspecified atom stereocenters. The van der Waals surface area contributed by atoms with Crippen molar-refractivity contribution in [3.63, 3.8) is 0 Å². The Bertz CT molecular complexity index is 639. The van der Waals surface area contributed by atoms with Gasteiger partial charge in [-0.05, 0) is 36.8 Å². The van der Waals surface area contributed by atoms with E-state index in [4.69, 9.17) is 4.74 Å². The van der Waals surface area contributed by atoms with Crippen molar-refractivity contribution in [2.24, 2.45) is 0 Å².